The third-order valence-electron chi connectivity index (χ3n) is 3.76. The molecule has 1 fully saturated rings. The fraction of sp³-hybridized carbons (Fsp3) is 0.467. The molecular formula is C15H17N5OS. The van der Waals surface area contributed by atoms with E-state index in [1.54, 1.807) is 0 Å². The molecule has 0 amide bonds. The number of rotatable bonds is 5. The van der Waals surface area contributed by atoms with Gasteiger partial charge in [-0.1, -0.05) is 18.3 Å². The van der Waals surface area contributed by atoms with Crippen molar-refractivity contribution >= 4 is 16.3 Å². The minimum atomic E-state index is 0.440. The van der Waals surface area contributed by atoms with Crippen LogP contribution in [-0.2, 0) is 13.0 Å². The lowest BCUT2D eigenvalue weighted by atomic mass is 10.2. The molecule has 3 aromatic heterocycles. The molecule has 0 aliphatic heterocycles. The van der Waals surface area contributed by atoms with Crippen molar-refractivity contribution in [3.8, 4) is 5.75 Å². The molecule has 1 aliphatic carbocycles. The summed E-state index contributed by atoms with van der Waals surface area (Å²) in [6.07, 6.45) is 3.24. The summed E-state index contributed by atoms with van der Waals surface area (Å²) < 4.78 is 7.78. The number of nitrogens with zero attached hydrogens (tertiary/aromatic N) is 5. The first-order valence-corrected chi connectivity index (χ1v) is 8.36. The summed E-state index contributed by atoms with van der Waals surface area (Å²) >= 11 is 1.53. The molecule has 1 saturated carbocycles. The minimum absolute atomic E-state index is 0.440. The van der Waals surface area contributed by atoms with Crippen LogP contribution in [-0.4, -0.2) is 24.8 Å². The van der Waals surface area contributed by atoms with Crippen LogP contribution in [0.4, 0.5) is 0 Å². The summed E-state index contributed by atoms with van der Waals surface area (Å²) in [5, 5.41) is 13.9. The van der Waals surface area contributed by atoms with Crippen molar-refractivity contribution < 1.29 is 4.74 Å². The summed E-state index contributed by atoms with van der Waals surface area (Å²) in [5.41, 5.74) is 2.00. The van der Waals surface area contributed by atoms with Crippen LogP contribution in [0.25, 0.3) is 4.96 Å². The van der Waals surface area contributed by atoms with Gasteiger partial charge >= 0.3 is 0 Å². The quantitative estimate of drug-likeness (QED) is 0.724. The van der Waals surface area contributed by atoms with E-state index in [0.29, 0.717) is 12.5 Å². The Balaban J connectivity index is 1.54. The molecule has 7 heteroatoms. The van der Waals surface area contributed by atoms with E-state index in [1.807, 2.05) is 23.6 Å². The topological polar surface area (TPSA) is 65.2 Å². The van der Waals surface area contributed by atoms with Gasteiger partial charge in [-0.25, -0.2) is 0 Å². The molecular weight excluding hydrogens is 298 g/mol. The van der Waals surface area contributed by atoms with E-state index in [4.69, 9.17) is 4.74 Å². The van der Waals surface area contributed by atoms with Gasteiger partial charge in [0.05, 0.1) is 5.69 Å². The summed E-state index contributed by atoms with van der Waals surface area (Å²) in [7, 11) is 0. The Labute approximate surface area is 132 Å². The van der Waals surface area contributed by atoms with Crippen LogP contribution in [0.5, 0.6) is 5.75 Å². The van der Waals surface area contributed by atoms with Crippen molar-refractivity contribution in [2.45, 2.75) is 45.6 Å². The number of hydrogen-bond donors (Lipinski definition) is 0. The van der Waals surface area contributed by atoms with Crippen LogP contribution < -0.4 is 4.74 Å². The van der Waals surface area contributed by atoms with Crippen LogP contribution in [0, 0.1) is 6.92 Å². The van der Waals surface area contributed by atoms with Crippen LogP contribution in [0.2, 0.25) is 0 Å². The molecule has 0 saturated heterocycles. The fourth-order valence-electron chi connectivity index (χ4n) is 2.45. The van der Waals surface area contributed by atoms with Gasteiger partial charge in [-0.3, -0.25) is 4.98 Å². The van der Waals surface area contributed by atoms with Gasteiger partial charge in [0.2, 0.25) is 4.96 Å². The van der Waals surface area contributed by atoms with Gasteiger partial charge in [-0.05, 0) is 38.3 Å². The van der Waals surface area contributed by atoms with Crippen molar-refractivity contribution in [3.63, 3.8) is 0 Å². The van der Waals surface area contributed by atoms with Gasteiger partial charge in [0.1, 0.15) is 12.4 Å². The molecule has 0 atom stereocenters. The molecule has 1 aliphatic rings. The zero-order valence-electron chi connectivity index (χ0n) is 12.6. The zero-order chi connectivity index (χ0) is 15.1. The summed E-state index contributed by atoms with van der Waals surface area (Å²) in [6.45, 7) is 4.51. The van der Waals surface area contributed by atoms with E-state index >= 15 is 0 Å². The van der Waals surface area contributed by atoms with Crippen molar-refractivity contribution in [2.24, 2.45) is 0 Å². The van der Waals surface area contributed by atoms with E-state index < -0.39 is 0 Å². The summed E-state index contributed by atoms with van der Waals surface area (Å²) in [5.74, 6) is 2.36. The molecule has 0 radical (unpaired) electrons. The monoisotopic (exact) mass is 315 g/mol. The number of aromatic nitrogens is 5. The predicted octanol–water partition coefficient (Wildman–Crippen LogP) is 2.91. The van der Waals surface area contributed by atoms with E-state index in [9.17, 15) is 0 Å². The lowest BCUT2D eigenvalue weighted by molar-refractivity contribution is 0.299. The SMILES string of the molecule is CCc1nc(C)ccc1OCc1nn2c(C3CC3)nnc2s1. The van der Waals surface area contributed by atoms with Gasteiger partial charge < -0.3 is 4.74 Å². The average molecular weight is 315 g/mol. The van der Waals surface area contributed by atoms with Gasteiger partial charge in [0.25, 0.3) is 0 Å². The van der Waals surface area contributed by atoms with Crippen molar-refractivity contribution in [2.75, 3.05) is 0 Å². The van der Waals surface area contributed by atoms with E-state index in [-0.39, 0.29) is 0 Å². The molecule has 0 N–H and O–H groups in total. The molecule has 6 nitrogen and oxygen atoms in total. The molecule has 0 bridgehead atoms. The highest BCUT2D eigenvalue weighted by Gasteiger charge is 2.30. The largest absolute Gasteiger partial charge is 0.484 e. The summed E-state index contributed by atoms with van der Waals surface area (Å²) in [6, 6.07) is 3.95. The lowest BCUT2D eigenvalue weighted by Crippen LogP contribution is -2.02. The maximum atomic E-state index is 5.91. The second-order valence-electron chi connectivity index (χ2n) is 5.56. The van der Waals surface area contributed by atoms with Crippen LogP contribution in [0.15, 0.2) is 12.1 Å². The highest BCUT2D eigenvalue weighted by molar-refractivity contribution is 7.16. The molecule has 3 aromatic rings. The fourth-order valence-corrected chi connectivity index (χ4v) is 3.20. The third kappa shape index (κ3) is 2.45. The number of fused-ring (bicyclic) bond motifs is 1. The van der Waals surface area contributed by atoms with E-state index in [0.717, 1.165) is 39.4 Å². The first-order chi connectivity index (χ1) is 10.7. The molecule has 0 unspecified atom stereocenters. The third-order valence-corrected chi connectivity index (χ3v) is 4.63. The van der Waals surface area contributed by atoms with Gasteiger partial charge in [-0.2, -0.15) is 9.61 Å². The first-order valence-electron chi connectivity index (χ1n) is 7.55. The van der Waals surface area contributed by atoms with Crippen molar-refractivity contribution in [3.05, 3.63) is 34.4 Å². The Morgan fingerprint density at radius 3 is 2.95 bits per heavy atom. The first kappa shape index (κ1) is 13.6. The normalized spacial score (nSPS) is 14.6. The van der Waals surface area contributed by atoms with E-state index in [2.05, 4.69) is 27.2 Å². The molecule has 114 valence electrons. The number of hydrogen-bond acceptors (Lipinski definition) is 6. The summed E-state index contributed by atoms with van der Waals surface area (Å²) in [4.78, 5) is 5.36. The Hall–Kier alpha value is -2.02. The molecule has 0 aromatic carbocycles. The maximum Gasteiger partial charge on any atom is 0.234 e. The van der Waals surface area contributed by atoms with E-state index in [1.165, 1.54) is 24.2 Å². The standard InChI is InChI=1S/C15H17N5OS/c1-3-11-12(7-4-9(2)16-11)21-8-13-19-20-14(10-5-6-10)17-18-15(20)22-13/h4,7,10H,3,5-6,8H2,1-2H3. The maximum absolute atomic E-state index is 5.91. The number of aryl methyl sites for hydroxylation is 2. The van der Waals surface area contributed by atoms with Gasteiger partial charge in [0, 0.05) is 11.6 Å². The van der Waals surface area contributed by atoms with Crippen LogP contribution in [0.1, 0.15) is 47.9 Å². The molecule has 3 heterocycles. The van der Waals surface area contributed by atoms with Crippen LogP contribution >= 0.6 is 11.3 Å². The second kappa shape index (κ2) is 5.31. The Morgan fingerprint density at radius 2 is 2.18 bits per heavy atom. The van der Waals surface area contributed by atoms with Crippen molar-refractivity contribution in [1.82, 2.24) is 24.8 Å². The van der Waals surface area contributed by atoms with Gasteiger partial charge in [0.15, 0.2) is 10.8 Å². The lowest BCUT2D eigenvalue weighted by Gasteiger charge is -2.08. The Kier molecular flexibility index (Phi) is 3.29. The number of ether oxygens (including phenoxy) is 1. The molecule has 22 heavy (non-hydrogen) atoms. The smallest absolute Gasteiger partial charge is 0.234 e. The molecule has 4 rings (SSSR count). The molecule has 0 spiro atoms. The van der Waals surface area contributed by atoms with Crippen molar-refractivity contribution in [1.29, 1.82) is 0 Å². The zero-order valence-corrected chi connectivity index (χ0v) is 13.4. The minimum Gasteiger partial charge on any atom is -0.484 e. The average Bonchev–Trinajstić information content (AvgIpc) is 3.16. The highest BCUT2D eigenvalue weighted by Crippen LogP contribution is 2.39. The Bertz CT molecular complexity index is 821. The van der Waals surface area contributed by atoms with Gasteiger partial charge in [-0.15, -0.1) is 10.2 Å². The predicted molar refractivity (Wildman–Crippen MR) is 83.3 cm³/mol. The second-order valence-corrected chi connectivity index (χ2v) is 6.60. The highest BCUT2D eigenvalue weighted by atomic mass is 32.1. The Morgan fingerprint density at radius 1 is 1.32 bits per heavy atom. The number of pyridine rings is 1. The van der Waals surface area contributed by atoms with Crippen LogP contribution in [0.3, 0.4) is 0 Å².